The Morgan fingerprint density at radius 1 is 0.500 bits per heavy atom. The number of allylic oxidation sites excluding steroid dienone is 1. The highest BCUT2D eigenvalue weighted by Gasteiger charge is 2.40. The predicted molar refractivity (Wildman–Crippen MR) is 164 cm³/mol. The van der Waals surface area contributed by atoms with Crippen molar-refractivity contribution in [3.05, 3.63) is 155 Å². The predicted octanol–water partition coefficient (Wildman–Crippen LogP) is 7.04. The van der Waals surface area contributed by atoms with Crippen LogP contribution >= 0.6 is 0 Å². The van der Waals surface area contributed by atoms with Gasteiger partial charge in [0.1, 0.15) is 18.3 Å². The summed E-state index contributed by atoms with van der Waals surface area (Å²) < 4.78 is 26.1. The molecule has 0 radical (unpaired) electrons. The minimum atomic E-state index is -0.722. The number of hydrogen-bond acceptors (Lipinski definition) is 5. The minimum absolute atomic E-state index is 0.364. The van der Waals surface area contributed by atoms with Gasteiger partial charge in [-0.2, -0.15) is 0 Å². The Morgan fingerprint density at radius 2 is 0.929 bits per heavy atom. The zero-order valence-corrected chi connectivity index (χ0v) is 24.0. The van der Waals surface area contributed by atoms with Crippen LogP contribution in [0, 0.1) is 0 Å². The van der Waals surface area contributed by atoms with E-state index in [9.17, 15) is 5.11 Å². The highest BCUT2D eigenvalue weighted by atomic mass is 16.6. The molecule has 0 aliphatic heterocycles. The van der Waals surface area contributed by atoms with Gasteiger partial charge in [-0.3, -0.25) is 0 Å². The molecule has 1 aliphatic carbocycles. The van der Waals surface area contributed by atoms with E-state index in [0.717, 1.165) is 27.8 Å². The lowest BCUT2D eigenvalue weighted by Gasteiger charge is -2.38. The van der Waals surface area contributed by atoms with Crippen LogP contribution < -0.4 is 0 Å². The minimum Gasteiger partial charge on any atom is -0.390 e. The van der Waals surface area contributed by atoms with Crippen LogP contribution in [0.25, 0.3) is 0 Å². The molecule has 0 amide bonds. The lowest BCUT2D eigenvalue weighted by Crippen LogP contribution is -2.50. The fourth-order valence-electron chi connectivity index (χ4n) is 5.21. The first-order chi connectivity index (χ1) is 20.8. The molecule has 42 heavy (non-hydrogen) atoms. The number of aliphatic hydroxyl groups is 1. The van der Waals surface area contributed by atoms with Crippen LogP contribution in [-0.4, -0.2) is 36.1 Å². The molecule has 5 rings (SSSR count). The van der Waals surface area contributed by atoms with E-state index in [4.69, 9.17) is 18.9 Å². The van der Waals surface area contributed by atoms with E-state index < -0.39 is 24.4 Å². The summed E-state index contributed by atoms with van der Waals surface area (Å²) in [6.07, 6.45) is 1.01. The molecular formula is C37H40O5. The molecule has 5 nitrogen and oxygen atoms in total. The maximum absolute atomic E-state index is 11.4. The number of aliphatic hydroxyl groups excluding tert-OH is 1. The van der Waals surface area contributed by atoms with Crippen molar-refractivity contribution in [1.29, 1.82) is 0 Å². The maximum Gasteiger partial charge on any atom is 0.117 e. The SMILES string of the molecule is O[C@H]1CC/C=C(/COCc2ccccc2)[C@@H](OCc2ccccc2)[C@H](OCc2ccccc2)[C@H]1OCc1ccccc1. The van der Waals surface area contributed by atoms with Crippen molar-refractivity contribution >= 4 is 0 Å². The Kier molecular flexibility index (Phi) is 11.5. The van der Waals surface area contributed by atoms with Crippen molar-refractivity contribution in [1.82, 2.24) is 0 Å². The van der Waals surface area contributed by atoms with Gasteiger partial charge in [-0.05, 0) is 40.7 Å². The largest absolute Gasteiger partial charge is 0.390 e. The van der Waals surface area contributed by atoms with Crippen LogP contribution in [0.2, 0.25) is 0 Å². The second kappa shape index (κ2) is 16.2. The van der Waals surface area contributed by atoms with E-state index in [-0.39, 0.29) is 0 Å². The molecule has 4 aromatic carbocycles. The number of ether oxygens (including phenoxy) is 4. The van der Waals surface area contributed by atoms with Crippen molar-refractivity contribution in [3.63, 3.8) is 0 Å². The Balaban J connectivity index is 1.42. The second-order valence-electron chi connectivity index (χ2n) is 10.6. The molecule has 0 saturated heterocycles. The van der Waals surface area contributed by atoms with Gasteiger partial charge < -0.3 is 24.1 Å². The lowest BCUT2D eigenvalue weighted by molar-refractivity contribution is -0.175. The highest BCUT2D eigenvalue weighted by molar-refractivity contribution is 5.20. The third-order valence-electron chi connectivity index (χ3n) is 7.46. The molecule has 0 heterocycles. The Bertz CT molecular complexity index is 1330. The first kappa shape index (κ1) is 29.9. The van der Waals surface area contributed by atoms with Gasteiger partial charge in [0.25, 0.3) is 0 Å². The van der Waals surface area contributed by atoms with Gasteiger partial charge in [0.2, 0.25) is 0 Å². The van der Waals surface area contributed by atoms with Crippen molar-refractivity contribution in [2.24, 2.45) is 0 Å². The molecule has 0 bridgehead atoms. The van der Waals surface area contributed by atoms with Crippen molar-refractivity contribution in [2.45, 2.75) is 63.7 Å². The molecule has 1 aliphatic rings. The number of hydrogen-bond donors (Lipinski definition) is 1. The number of rotatable bonds is 13. The zero-order valence-electron chi connectivity index (χ0n) is 24.0. The van der Waals surface area contributed by atoms with Crippen LogP contribution in [0.1, 0.15) is 35.1 Å². The van der Waals surface area contributed by atoms with E-state index in [2.05, 4.69) is 30.3 Å². The van der Waals surface area contributed by atoms with E-state index in [1.54, 1.807) is 0 Å². The van der Waals surface area contributed by atoms with E-state index in [0.29, 0.717) is 45.9 Å². The Labute approximate surface area is 249 Å². The molecule has 1 N–H and O–H groups in total. The first-order valence-corrected chi connectivity index (χ1v) is 14.7. The molecule has 218 valence electrons. The topological polar surface area (TPSA) is 57.2 Å². The van der Waals surface area contributed by atoms with Gasteiger partial charge in [0.15, 0.2) is 0 Å². The van der Waals surface area contributed by atoms with Crippen LogP contribution in [0.5, 0.6) is 0 Å². The van der Waals surface area contributed by atoms with Gasteiger partial charge in [-0.15, -0.1) is 0 Å². The first-order valence-electron chi connectivity index (χ1n) is 14.7. The second-order valence-corrected chi connectivity index (χ2v) is 10.6. The molecule has 0 aromatic heterocycles. The monoisotopic (exact) mass is 564 g/mol. The summed E-state index contributed by atoms with van der Waals surface area (Å²) in [6.45, 7) is 2.01. The van der Waals surface area contributed by atoms with E-state index in [1.165, 1.54) is 0 Å². The summed E-state index contributed by atoms with van der Waals surface area (Å²) in [4.78, 5) is 0. The van der Waals surface area contributed by atoms with Gasteiger partial charge in [0.05, 0.1) is 39.1 Å². The molecule has 4 atom stereocenters. The highest BCUT2D eigenvalue weighted by Crippen LogP contribution is 2.29. The van der Waals surface area contributed by atoms with E-state index >= 15 is 0 Å². The summed E-state index contributed by atoms with van der Waals surface area (Å²) in [5, 5.41) is 11.4. The fourth-order valence-corrected chi connectivity index (χ4v) is 5.21. The molecule has 0 saturated carbocycles. The third kappa shape index (κ3) is 8.96. The molecular weight excluding hydrogens is 524 g/mol. The normalized spacial score (nSPS) is 22.1. The standard InChI is InChI=1S/C37H40O5/c38-34-23-13-22-33(28-39-24-29-14-5-1-6-15-29)35(40-25-30-16-7-2-8-17-30)37(42-27-32-20-11-4-12-21-32)36(34)41-26-31-18-9-3-10-19-31/h1-12,14-22,34-38H,13,23-28H2/b33-22-/t34-,35+,36-,37-/m0/s1. The molecule has 4 aromatic rings. The molecule has 0 unspecified atom stereocenters. The van der Waals surface area contributed by atoms with Crippen LogP contribution in [-0.2, 0) is 45.4 Å². The smallest absolute Gasteiger partial charge is 0.117 e. The van der Waals surface area contributed by atoms with Crippen LogP contribution in [0.4, 0.5) is 0 Å². The Hall–Kier alpha value is -3.58. The molecule has 0 spiro atoms. The lowest BCUT2D eigenvalue weighted by atomic mass is 9.90. The molecule has 0 fully saturated rings. The quantitative estimate of drug-likeness (QED) is 0.177. The average Bonchev–Trinajstić information content (AvgIpc) is 3.04. The summed E-state index contributed by atoms with van der Waals surface area (Å²) in [5.41, 5.74) is 5.26. The van der Waals surface area contributed by atoms with E-state index in [1.807, 2.05) is 97.1 Å². The van der Waals surface area contributed by atoms with Crippen molar-refractivity contribution < 1.29 is 24.1 Å². The van der Waals surface area contributed by atoms with Crippen LogP contribution in [0.3, 0.4) is 0 Å². The Morgan fingerprint density at radius 3 is 1.43 bits per heavy atom. The van der Waals surface area contributed by atoms with Gasteiger partial charge in [-0.1, -0.05) is 127 Å². The third-order valence-corrected chi connectivity index (χ3v) is 7.46. The van der Waals surface area contributed by atoms with Crippen molar-refractivity contribution in [2.75, 3.05) is 6.61 Å². The summed E-state index contributed by atoms with van der Waals surface area (Å²) in [5.74, 6) is 0. The molecule has 5 heteroatoms. The fraction of sp³-hybridized carbons (Fsp3) is 0.297. The van der Waals surface area contributed by atoms with Crippen molar-refractivity contribution in [3.8, 4) is 0 Å². The summed E-state index contributed by atoms with van der Waals surface area (Å²) in [7, 11) is 0. The summed E-state index contributed by atoms with van der Waals surface area (Å²) >= 11 is 0. The number of benzene rings is 4. The van der Waals surface area contributed by atoms with Gasteiger partial charge in [-0.25, -0.2) is 0 Å². The van der Waals surface area contributed by atoms with Gasteiger partial charge >= 0.3 is 0 Å². The summed E-state index contributed by atoms with van der Waals surface area (Å²) in [6, 6.07) is 40.4. The van der Waals surface area contributed by atoms with Crippen LogP contribution in [0.15, 0.2) is 133 Å². The van der Waals surface area contributed by atoms with Gasteiger partial charge in [0, 0.05) is 0 Å². The maximum atomic E-state index is 11.4. The average molecular weight is 565 g/mol. The zero-order chi connectivity index (χ0) is 28.8.